The minimum absolute atomic E-state index is 0.0506. The second kappa shape index (κ2) is 5.32. The Labute approximate surface area is 146 Å². The molecule has 0 radical (unpaired) electrons. The molecule has 24 heavy (non-hydrogen) atoms. The van der Waals surface area contributed by atoms with Crippen LogP contribution in [-0.4, -0.2) is 17.0 Å². The van der Waals surface area contributed by atoms with E-state index in [4.69, 9.17) is 0 Å². The predicted octanol–water partition coefficient (Wildman–Crippen LogP) is 4.74. The van der Waals surface area contributed by atoms with Crippen molar-refractivity contribution in [1.82, 2.24) is 0 Å². The first-order chi connectivity index (χ1) is 11.6. The summed E-state index contributed by atoms with van der Waals surface area (Å²) in [6.07, 6.45) is 14.4. The molecule has 0 saturated heterocycles. The van der Waals surface area contributed by atoms with Crippen molar-refractivity contribution in [3.8, 4) is 0 Å². The van der Waals surface area contributed by atoms with Crippen LogP contribution in [0.25, 0.3) is 0 Å². The fourth-order valence-electron chi connectivity index (χ4n) is 8.74. The van der Waals surface area contributed by atoms with Crippen molar-refractivity contribution in [2.24, 2.45) is 40.4 Å². The van der Waals surface area contributed by atoms with E-state index in [0.717, 1.165) is 49.4 Å². The van der Waals surface area contributed by atoms with Gasteiger partial charge in [0.2, 0.25) is 0 Å². The van der Waals surface area contributed by atoms with Gasteiger partial charge >= 0.3 is 0 Å². The summed E-state index contributed by atoms with van der Waals surface area (Å²) in [6, 6.07) is 0. The van der Waals surface area contributed by atoms with Crippen LogP contribution in [0.2, 0.25) is 0 Å². The highest BCUT2D eigenvalue weighted by Gasteiger charge is 2.64. The molecule has 5 saturated carbocycles. The number of Topliss-reactive ketones (excluding diaryl/α,β-unsaturated/α-hetero) is 1. The third kappa shape index (κ3) is 1.90. The largest absolute Gasteiger partial charge is 0.393 e. The zero-order valence-electron chi connectivity index (χ0n) is 15.3. The molecule has 1 spiro atoms. The second-order valence-corrected chi connectivity index (χ2v) is 10.3. The summed E-state index contributed by atoms with van der Waals surface area (Å²) in [4.78, 5) is 13.1. The number of rotatable bonds is 0. The van der Waals surface area contributed by atoms with Gasteiger partial charge < -0.3 is 5.11 Å². The highest BCUT2D eigenvalue weighted by atomic mass is 16.3. The molecule has 0 heterocycles. The minimum atomic E-state index is -0.0506. The molecule has 1 N–H and O–H groups in total. The third-order valence-corrected chi connectivity index (χ3v) is 9.80. The molecule has 5 aliphatic rings. The first kappa shape index (κ1) is 15.9. The molecule has 0 aromatic heterocycles. The van der Waals surface area contributed by atoms with E-state index in [1.54, 1.807) is 0 Å². The molecule has 0 aromatic carbocycles. The molecule has 0 aromatic rings. The number of aliphatic hydroxyl groups is 1. The molecular weight excluding hydrogens is 296 g/mol. The van der Waals surface area contributed by atoms with Crippen LogP contribution in [0.3, 0.4) is 0 Å². The van der Waals surface area contributed by atoms with Gasteiger partial charge in [-0.05, 0) is 106 Å². The van der Waals surface area contributed by atoms with Crippen LogP contribution in [0.1, 0.15) is 84.0 Å². The van der Waals surface area contributed by atoms with Crippen molar-refractivity contribution >= 4 is 5.78 Å². The molecule has 0 aliphatic heterocycles. The van der Waals surface area contributed by atoms with Crippen LogP contribution in [0.4, 0.5) is 0 Å². The molecule has 134 valence electrons. The standard InChI is InChI=1S/C22H34O2/c1-21-11-9-16(23)13-15(21)5-7-17-18(21)10-12-22-14(6-8-19(17)22)3-2-4-20(22)24/h14-19,23H,2-13H2,1H3/t14-,15+,16+,17+,18-,19-,21-,22-/m0/s1. The Hall–Kier alpha value is -0.370. The Morgan fingerprint density at radius 2 is 1.75 bits per heavy atom. The minimum Gasteiger partial charge on any atom is -0.393 e. The quantitative estimate of drug-likeness (QED) is 0.696. The summed E-state index contributed by atoms with van der Waals surface area (Å²) >= 11 is 0. The maximum absolute atomic E-state index is 13.1. The van der Waals surface area contributed by atoms with E-state index in [1.165, 1.54) is 51.4 Å². The number of hydrogen-bond acceptors (Lipinski definition) is 2. The Morgan fingerprint density at radius 1 is 0.917 bits per heavy atom. The third-order valence-electron chi connectivity index (χ3n) is 9.80. The van der Waals surface area contributed by atoms with Crippen molar-refractivity contribution in [2.75, 3.05) is 0 Å². The highest BCUT2D eigenvalue weighted by Crippen LogP contribution is 2.69. The summed E-state index contributed by atoms with van der Waals surface area (Å²) in [5.74, 6) is 4.46. The fourth-order valence-corrected chi connectivity index (χ4v) is 8.74. The summed E-state index contributed by atoms with van der Waals surface area (Å²) < 4.78 is 0. The van der Waals surface area contributed by atoms with Gasteiger partial charge in [-0.3, -0.25) is 4.79 Å². The van der Waals surface area contributed by atoms with Crippen molar-refractivity contribution in [1.29, 1.82) is 0 Å². The van der Waals surface area contributed by atoms with E-state index in [0.29, 0.717) is 17.1 Å². The molecule has 5 aliphatic carbocycles. The van der Waals surface area contributed by atoms with E-state index in [-0.39, 0.29) is 11.5 Å². The van der Waals surface area contributed by atoms with Crippen LogP contribution < -0.4 is 0 Å². The van der Waals surface area contributed by atoms with Crippen molar-refractivity contribution in [3.05, 3.63) is 0 Å². The highest BCUT2D eigenvalue weighted by molar-refractivity contribution is 5.86. The first-order valence-electron chi connectivity index (χ1n) is 10.8. The predicted molar refractivity (Wildman–Crippen MR) is 94.4 cm³/mol. The lowest BCUT2D eigenvalue weighted by molar-refractivity contribution is -0.158. The zero-order valence-corrected chi connectivity index (χ0v) is 15.3. The number of carbonyl (C=O) groups excluding carboxylic acids is 1. The average Bonchev–Trinajstić information content (AvgIpc) is 2.97. The van der Waals surface area contributed by atoms with Gasteiger partial charge in [0.1, 0.15) is 5.78 Å². The molecule has 2 heteroatoms. The maximum Gasteiger partial charge on any atom is 0.139 e. The van der Waals surface area contributed by atoms with E-state index >= 15 is 0 Å². The van der Waals surface area contributed by atoms with E-state index < -0.39 is 0 Å². The summed E-state index contributed by atoms with van der Waals surface area (Å²) in [7, 11) is 0. The number of hydrogen-bond donors (Lipinski definition) is 1. The van der Waals surface area contributed by atoms with Gasteiger partial charge in [0.05, 0.1) is 6.10 Å². The summed E-state index contributed by atoms with van der Waals surface area (Å²) in [5.41, 5.74) is 0.552. The van der Waals surface area contributed by atoms with Gasteiger partial charge in [-0.15, -0.1) is 0 Å². The fraction of sp³-hybridized carbons (Fsp3) is 0.955. The molecule has 0 bridgehead atoms. The number of ketones is 1. The van der Waals surface area contributed by atoms with Crippen molar-refractivity contribution in [3.63, 3.8) is 0 Å². The van der Waals surface area contributed by atoms with Gasteiger partial charge in [0, 0.05) is 11.8 Å². The molecule has 5 rings (SSSR count). The van der Waals surface area contributed by atoms with Gasteiger partial charge in [-0.1, -0.05) is 6.92 Å². The molecule has 8 atom stereocenters. The van der Waals surface area contributed by atoms with Gasteiger partial charge in [-0.25, -0.2) is 0 Å². The van der Waals surface area contributed by atoms with E-state index in [9.17, 15) is 9.90 Å². The number of carbonyl (C=O) groups is 1. The van der Waals surface area contributed by atoms with Crippen LogP contribution >= 0.6 is 0 Å². The van der Waals surface area contributed by atoms with Crippen LogP contribution in [-0.2, 0) is 4.79 Å². The zero-order chi connectivity index (χ0) is 16.5. The Bertz CT molecular complexity index is 542. The van der Waals surface area contributed by atoms with Gasteiger partial charge in [-0.2, -0.15) is 0 Å². The first-order valence-corrected chi connectivity index (χ1v) is 10.8. The average molecular weight is 331 g/mol. The van der Waals surface area contributed by atoms with E-state index in [1.807, 2.05) is 0 Å². The molecule has 2 nitrogen and oxygen atoms in total. The van der Waals surface area contributed by atoms with Gasteiger partial charge in [0.25, 0.3) is 0 Å². The van der Waals surface area contributed by atoms with E-state index in [2.05, 4.69) is 6.92 Å². The summed E-state index contributed by atoms with van der Waals surface area (Å²) in [5, 5.41) is 10.2. The second-order valence-electron chi connectivity index (χ2n) is 10.3. The van der Waals surface area contributed by atoms with Crippen LogP contribution in [0.15, 0.2) is 0 Å². The summed E-state index contributed by atoms with van der Waals surface area (Å²) in [6.45, 7) is 2.55. The lowest BCUT2D eigenvalue weighted by Crippen LogP contribution is -2.57. The lowest BCUT2D eigenvalue weighted by atomic mass is 9.43. The van der Waals surface area contributed by atoms with Crippen LogP contribution in [0, 0.1) is 40.4 Å². The normalized spacial score (nSPS) is 56.8. The molecular formula is C22H34O2. The maximum atomic E-state index is 13.1. The molecule has 5 fully saturated rings. The number of aliphatic hydroxyl groups excluding tert-OH is 1. The Balaban J connectivity index is 1.48. The smallest absolute Gasteiger partial charge is 0.139 e. The molecule has 0 unspecified atom stereocenters. The van der Waals surface area contributed by atoms with Crippen LogP contribution in [0.5, 0.6) is 0 Å². The molecule has 0 amide bonds. The number of fused-ring (bicyclic) bond motifs is 4. The van der Waals surface area contributed by atoms with Gasteiger partial charge in [0.15, 0.2) is 0 Å². The lowest BCUT2D eigenvalue weighted by Gasteiger charge is -2.61. The Morgan fingerprint density at radius 3 is 2.62 bits per heavy atom. The monoisotopic (exact) mass is 330 g/mol. The van der Waals surface area contributed by atoms with Crippen molar-refractivity contribution < 1.29 is 9.90 Å². The topological polar surface area (TPSA) is 37.3 Å². The SMILES string of the molecule is C[C@]12CC[C@@H](O)C[C@H]1CC[C@@H]1[C@@H]2CC[C@]23C(=O)CCC[C@H]2CC[C@@H]13. The Kier molecular flexibility index (Phi) is 3.51. The van der Waals surface area contributed by atoms with Crippen molar-refractivity contribution in [2.45, 2.75) is 90.1 Å².